The summed E-state index contributed by atoms with van der Waals surface area (Å²) < 4.78 is 11.0. The monoisotopic (exact) mass is 279 g/mol. The van der Waals surface area contributed by atoms with Gasteiger partial charge in [0.2, 0.25) is 0 Å². The van der Waals surface area contributed by atoms with Gasteiger partial charge in [0.05, 0.1) is 6.61 Å². The zero-order valence-corrected chi connectivity index (χ0v) is 12.2. The Kier molecular flexibility index (Phi) is 6.15. The summed E-state index contributed by atoms with van der Waals surface area (Å²) in [6.45, 7) is 5.96. The van der Waals surface area contributed by atoms with E-state index in [2.05, 4.69) is 5.32 Å². The summed E-state index contributed by atoms with van der Waals surface area (Å²) in [5.74, 6) is 1.60. The van der Waals surface area contributed by atoms with Gasteiger partial charge in [-0.3, -0.25) is 0 Å². The lowest BCUT2D eigenvalue weighted by atomic mass is 10.2. The lowest BCUT2D eigenvalue weighted by molar-refractivity contribution is 0.122. The Bertz CT molecular complexity index is 405. The molecule has 0 radical (unpaired) electrons. The molecule has 1 aliphatic carbocycles. The molecular weight excluding hydrogens is 254 g/mol. The van der Waals surface area contributed by atoms with Crippen LogP contribution in [0, 0.1) is 5.92 Å². The molecule has 112 valence electrons. The summed E-state index contributed by atoms with van der Waals surface area (Å²) >= 11 is 0. The fourth-order valence-electron chi connectivity index (χ4n) is 2.01. The minimum atomic E-state index is 0.198. The normalized spacial score (nSPS) is 14.4. The molecule has 1 saturated carbocycles. The van der Waals surface area contributed by atoms with Gasteiger partial charge in [-0.15, -0.1) is 0 Å². The summed E-state index contributed by atoms with van der Waals surface area (Å²) in [4.78, 5) is 0. The first-order chi connectivity index (χ1) is 9.79. The van der Waals surface area contributed by atoms with E-state index in [0.717, 1.165) is 44.2 Å². The number of phenols is 1. The smallest absolute Gasteiger partial charge is 0.161 e. The maximum atomic E-state index is 9.62. The van der Waals surface area contributed by atoms with Crippen molar-refractivity contribution in [1.82, 2.24) is 5.32 Å². The van der Waals surface area contributed by atoms with Crippen LogP contribution in [0.5, 0.6) is 11.5 Å². The van der Waals surface area contributed by atoms with Crippen LogP contribution in [0.15, 0.2) is 18.2 Å². The molecule has 0 atom stereocenters. The van der Waals surface area contributed by atoms with Gasteiger partial charge in [0, 0.05) is 19.8 Å². The summed E-state index contributed by atoms with van der Waals surface area (Å²) in [5, 5.41) is 13.0. The van der Waals surface area contributed by atoms with Crippen molar-refractivity contribution in [3.05, 3.63) is 23.8 Å². The Balaban J connectivity index is 1.59. The molecule has 0 heterocycles. The second-order valence-corrected chi connectivity index (χ2v) is 5.28. The summed E-state index contributed by atoms with van der Waals surface area (Å²) in [6.07, 6.45) is 3.73. The summed E-state index contributed by atoms with van der Waals surface area (Å²) in [7, 11) is 0. The van der Waals surface area contributed by atoms with Crippen molar-refractivity contribution in [3.8, 4) is 11.5 Å². The molecule has 4 heteroatoms. The third-order valence-corrected chi connectivity index (χ3v) is 3.35. The van der Waals surface area contributed by atoms with Crippen molar-refractivity contribution in [1.29, 1.82) is 0 Å². The first-order valence-corrected chi connectivity index (χ1v) is 7.52. The van der Waals surface area contributed by atoms with E-state index in [4.69, 9.17) is 9.47 Å². The number of phenolic OH excluding ortho intramolecular Hbond substituents is 1. The second kappa shape index (κ2) is 8.12. The zero-order valence-electron chi connectivity index (χ0n) is 12.2. The molecular formula is C16H25NO3. The molecule has 0 bridgehead atoms. The Morgan fingerprint density at radius 3 is 2.95 bits per heavy atom. The van der Waals surface area contributed by atoms with E-state index in [0.29, 0.717) is 12.4 Å². The molecule has 4 nitrogen and oxygen atoms in total. The predicted molar refractivity (Wildman–Crippen MR) is 79.1 cm³/mol. The van der Waals surface area contributed by atoms with Gasteiger partial charge in [-0.25, -0.2) is 0 Å². The van der Waals surface area contributed by atoms with Crippen molar-refractivity contribution in [2.75, 3.05) is 26.4 Å². The maximum Gasteiger partial charge on any atom is 0.161 e. The highest BCUT2D eigenvalue weighted by Gasteiger charge is 2.20. The highest BCUT2D eigenvalue weighted by molar-refractivity contribution is 5.41. The topological polar surface area (TPSA) is 50.7 Å². The van der Waals surface area contributed by atoms with E-state index in [1.54, 1.807) is 6.07 Å². The second-order valence-electron chi connectivity index (χ2n) is 5.28. The Morgan fingerprint density at radius 2 is 2.20 bits per heavy atom. The average Bonchev–Trinajstić information content (AvgIpc) is 3.25. The van der Waals surface area contributed by atoms with E-state index < -0.39 is 0 Å². The molecule has 0 unspecified atom stereocenters. The van der Waals surface area contributed by atoms with Gasteiger partial charge < -0.3 is 19.9 Å². The van der Waals surface area contributed by atoms with Crippen LogP contribution in [0.25, 0.3) is 0 Å². The van der Waals surface area contributed by atoms with Crippen LogP contribution in [0.3, 0.4) is 0 Å². The van der Waals surface area contributed by atoms with Gasteiger partial charge in [0.1, 0.15) is 0 Å². The molecule has 0 amide bonds. The van der Waals surface area contributed by atoms with Crippen LogP contribution >= 0.6 is 0 Å². The van der Waals surface area contributed by atoms with E-state index in [-0.39, 0.29) is 5.75 Å². The van der Waals surface area contributed by atoms with Crippen LogP contribution in [-0.4, -0.2) is 31.5 Å². The van der Waals surface area contributed by atoms with Crippen molar-refractivity contribution >= 4 is 0 Å². The van der Waals surface area contributed by atoms with Crippen LogP contribution in [0.4, 0.5) is 0 Å². The third-order valence-electron chi connectivity index (χ3n) is 3.35. The highest BCUT2D eigenvalue weighted by atomic mass is 16.5. The van der Waals surface area contributed by atoms with Crippen LogP contribution < -0.4 is 10.1 Å². The molecule has 2 N–H and O–H groups in total. The Hall–Kier alpha value is -1.26. The van der Waals surface area contributed by atoms with Gasteiger partial charge in [-0.1, -0.05) is 6.07 Å². The van der Waals surface area contributed by atoms with Crippen LogP contribution in [-0.2, 0) is 11.3 Å². The molecule has 2 rings (SSSR count). The van der Waals surface area contributed by atoms with E-state index in [1.807, 2.05) is 19.1 Å². The molecule has 1 fully saturated rings. The molecule has 20 heavy (non-hydrogen) atoms. The molecule has 0 saturated heterocycles. The van der Waals surface area contributed by atoms with E-state index in [9.17, 15) is 5.11 Å². The van der Waals surface area contributed by atoms with Gasteiger partial charge in [0.25, 0.3) is 0 Å². The molecule has 0 spiro atoms. The molecule has 0 aromatic heterocycles. The minimum absolute atomic E-state index is 0.198. The van der Waals surface area contributed by atoms with Crippen molar-refractivity contribution in [2.45, 2.75) is 32.7 Å². The lowest BCUT2D eigenvalue weighted by Gasteiger charge is -2.09. The number of aromatic hydroxyl groups is 1. The standard InChI is InChI=1S/C16H25NO3/c1-2-20-16-10-14(6-7-15(16)18)11-17-8-3-9-19-12-13-4-5-13/h6-7,10,13,17-18H,2-5,8-9,11-12H2,1H3. The Labute approximate surface area is 121 Å². The average molecular weight is 279 g/mol. The molecule has 0 aliphatic heterocycles. The number of ether oxygens (including phenoxy) is 2. The van der Waals surface area contributed by atoms with Gasteiger partial charge in [-0.05, 0) is 56.3 Å². The quantitative estimate of drug-likeness (QED) is 0.647. The zero-order chi connectivity index (χ0) is 14.2. The minimum Gasteiger partial charge on any atom is -0.504 e. The number of hydrogen-bond acceptors (Lipinski definition) is 4. The van der Waals surface area contributed by atoms with Gasteiger partial charge >= 0.3 is 0 Å². The molecule has 1 aromatic carbocycles. The summed E-state index contributed by atoms with van der Waals surface area (Å²) in [6, 6.07) is 5.48. The van der Waals surface area contributed by atoms with Crippen LogP contribution in [0.1, 0.15) is 31.7 Å². The number of hydrogen-bond donors (Lipinski definition) is 2. The largest absolute Gasteiger partial charge is 0.504 e. The highest BCUT2D eigenvalue weighted by Crippen LogP contribution is 2.28. The number of nitrogens with one attached hydrogen (secondary N) is 1. The van der Waals surface area contributed by atoms with E-state index >= 15 is 0 Å². The Morgan fingerprint density at radius 1 is 1.35 bits per heavy atom. The third kappa shape index (κ3) is 5.39. The van der Waals surface area contributed by atoms with Crippen molar-refractivity contribution in [2.24, 2.45) is 5.92 Å². The lowest BCUT2D eigenvalue weighted by Crippen LogP contribution is -2.16. The summed E-state index contributed by atoms with van der Waals surface area (Å²) in [5.41, 5.74) is 1.12. The van der Waals surface area contributed by atoms with Crippen molar-refractivity contribution in [3.63, 3.8) is 0 Å². The fourth-order valence-corrected chi connectivity index (χ4v) is 2.01. The predicted octanol–water partition coefficient (Wildman–Crippen LogP) is 2.70. The first-order valence-electron chi connectivity index (χ1n) is 7.52. The van der Waals surface area contributed by atoms with E-state index in [1.165, 1.54) is 12.8 Å². The van der Waals surface area contributed by atoms with Crippen molar-refractivity contribution < 1.29 is 14.6 Å². The first kappa shape index (κ1) is 15.1. The maximum absolute atomic E-state index is 9.62. The molecule has 1 aromatic rings. The molecule has 1 aliphatic rings. The SMILES string of the molecule is CCOc1cc(CNCCCOCC2CC2)ccc1O. The van der Waals surface area contributed by atoms with Gasteiger partial charge in [-0.2, -0.15) is 0 Å². The fraction of sp³-hybridized carbons (Fsp3) is 0.625. The number of benzene rings is 1. The van der Waals surface area contributed by atoms with Crippen LogP contribution in [0.2, 0.25) is 0 Å². The number of rotatable bonds is 10. The van der Waals surface area contributed by atoms with Gasteiger partial charge in [0.15, 0.2) is 11.5 Å².